The van der Waals surface area contributed by atoms with Gasteiger partial charge in [-0.05, 0) is 18.9 Å². The predicted octanol–water partition coefficient (Wildman–Crippen LogP) is -0.453. The van der Waals surface area contributed by atoms with Gasteiger partial charge in [0, 0.05) is 0 Å². The number of nitrogens with one attached hydrogen (secondary N) is 1. The second-order valence-electron chi connectivity index (χ2n) is 3.24. The van der Waals surface area contributed by atoms with Crippen molar-refractivity contribution in [1.29, 1.82) is 0 Å². The fourth-order valence-electron chi connectivity index (χ4n) is 1.13. The first-order valence-electron chi connectivity index (χ1n) is 5.50. The number of hydrazine groups is 1. The largest absolute Gasteiger partial charge is 0.824 e. The normalized spacial score (nSPS) is 10.3. The Labute approximate surface area is 121 Å². The first-order chi connectivity index (χ1) is 10.2. The SMILES string of the molecule is CCOC(=O)NN(C(=O)OCC)C([N+](=O)[O-])([N+](=O)[O-])[N+](=O)[O-]. The van der Waals surface area contributed by atoms with Crippen LogP contribution in [0.25, 0.3) is 0 Å². The first-order valence-corrected chi connectivity index (χ1v) is 5.50. The Morgan fingerprint density at radius 1 is 1.00 bits per heavy atom. The van der Waals surface area contributed by atoms with Gasteiger partial charge in [-0.15, -0.1) is 0 Å². The Hall–Kier alpha value is -3.26. The molecule has 0 aromatic carbocycles. The number of amides is 2. The summed E-state index contributed by atoms with van der Waals surface area (Å²) >= 11 is 0. The third-order valence-electron chi connectivity index (χ3n) is 1.96. The molecule has 15 nitrogen and oxygen atoms in total. The van der Waals surface area contributed by atoms with Crippen molar-refractivity contribution in [2.45, 2.75) is 19.8 Å². The Morgan fingerprint density at radius 3 is 1.73 bits per heavy atom. The molecule has 1 N–H and O–H groups in total. The summed E-state index contributed by atoms with van der Waals surface area (Å²) in [5, 5.41) is 31.9. The lowest BCUT2D eigenvalue weighted by molar-refractivity contribution is -0.994. The molecule has 0 aromatic heterocycles. The fraction of sp³-hybridized carbons (Fsp3) is 0.714. The smallest absolute Gasteiger partial charge is 0.449 e. The lowest BCUT2D eigenvalue weighted by Gasteiger charge is -2.21. The van der Waals surface area contributed by atoms with E-state index in [2.05, 4.69) is 9.47 Å². The standard InChI is InChI=1S/C7H11N5O10/c1-3-21-5(13)8-9(6(14)22-4-2)7(10(15)16,11(17)18)12(19)20/h3-4H2,1-2H3,(H,8,13). The average molecular weight is 325 g/mol. The van der Waals surface area contributed by atoms with E-state index in [1.54, 1.807) is 0 Å². The van der Waals surface area contributed by atoms with Crippen LogP contribution in [0.15, 0.2) is 0 Å². The number of ether oxygens (including phenoxy) is 2. The van der Waals surface area contributed by atoms with Crippen LogP contribution in [-0.2, 0) is 9.47 Å². The van der Waals surface area contributed by atoms with E-state index in [4.69, 9.17) is 0 Å². The van der Waals surface area contributed by atoms with Gasteiger partial charge in [-0.2, -0.15) is 0 Å². The molecular weight excluding hydrogens is 314 g/mol. The number of rotatable bonds is 6. The molecule has 0 spiro atoms. The highest BCUT2D eigenvalue weighted by atomic mass is 16.8. The third-order valence-corrected chi connectivity index (χ3v) is 1.96. The quantitative estimate of drug-likeness (QED) is 0.379. The van der Waals surface area contributed by atoms with E-state index >= 15 is 0 Å². The molecule has 0 rings (SSSR count). The van der Waals surface area contributed by atoms with E-state index in [1.165, 1.54) is 19.3 Å². The Kier molecular flexibility index (Phi) is 6.39. The predicted molar refractivity (Wildman–Crippen MR) is 62.7 cm³/mol. The third kappa shape index (κ3) is 3.44. The summed E-state index contributed by atoms with van der Waals surface area (Å²) in [6, 6.07) is 0. The van der Waals surface area contributed by atoms with Gasteiger partial charge in [0.15, 0.2) is 0 Å². The van der Waals surface area contributed by atoms with Gasteiger partial charge < -0.3 is 9.47 Å². The van der Waals surface area contributed by atoms with Crippen LogP contribution in [0.2, 0.25) is 0 Å². The molecule has 0 aromatic rings. The fourth-order valence-corrected chi connectivity index (χ4v) is 1.13. The van der Waals surface area contributed by atoms with Gasteiger partial charge in [0.2, 0.25) is 14.8 Å². The molecule has 0 atom stereocenters. The van der Waals surface area contributed by atoms with Crippen LogP contribution in [0.3, 0.4) is 0 Å². The Bertz CT molecular complexity index is 456. The minimum Gasteiger partial charge on any atom is -0.449 e. The minimum absolute atomic E-state index is 0.273. The van der Waals surface area contributed by atoms with E-state index in [1.807, 2.05) is 0 Å². The summed E-state index contributed by atoms with van der Waals surface area (Å²) < 4.78 is 8.51. The van der Waals surface area contributed by atoms with Crippen LogP contribution in [0.4, 0.5) is 9.59 Å². The summed E-state index contributed by atoms with van der Waals surface area (Å²) in [7, 11) is 0. The maximum atomic E-state index is 11.6. The maximum absolute atomic E-state index is 11.6. The van der Waals surface area contributed by atoms with Gasteiger partial charge in [-0.25, -0.2) is 15.0 Å². The zero-order chi connectivity index (χ0) is 17.5. The highest BCUT2D eigenvalue weighted by Gasteiger charge is 2.80. The molecule has 0 heterocycles. The molecule has 0 aliphatic rings. The highest BCUT2D eigenvalue weighted by molar-refractivity contribution is 5.74. The highest BCUT2D eigenvalue weighted by Crippen LogP contribution is 2.18. The second kappa shape index (κ2) is 7.50. The minimum atomic E-state index is -4.42. The van der Waals surface area contributed by atoms with E-state index in [0.29, 0.717) is 0 Å². The molecule has 15 heteroatoms. The van der Waals surface area contributed by atoms with Crippen molar-refractivity contribution < 1.29 is 33.8 Å². The number of nitro groups is 3. The number of hydrogen-bond donors (Lipinski definition) is 1. The zero-order valence-electron chi connectivity index (χ0n) is 11.3. The van der Waals surface area contributed by atoms with Crippen LogP contribution in [0, 0.1) is 30.3 Å². The van der Waals surface area contributed by atoms with Crippen molar-refractivity contribution in [2.24, 2.45) is 0 Å². The number of hydrogen-bond acceptors (Lipinski definition) is 10. The maximum Gasteiger partial charge on any atom is 0.824 e. The van der Waals surface area contributed by atoms with Crippen molar-refractivity contribution in [3.8, 4) is 0 Å². The zero-order valence-corrected chi connectivity index (χ0v) is 11.3. The molecule has 124 valence electrons. The lowest BCUT2D eigenvalue weighted by atomic mass is 10.6. The van der Waals surface area contributed by atoms with Gasteiger partial charge in [0.05, 0.1) is 13.2 Å². The molecule has 0 fully saturated rings. The van der Waals surface area contributed by atoms with Crippen LogP contribution < -0.4 is 5.43 Å². The van der Waals surface area contributed by atoms with Crippen molar-refractivity contribution in [2.75, 3.05) is 13.2 Å². The number of nitrogens with zero attached hydrogens (tertiary/aromatic N) is 4. The molecule has 0 saturated heterocycles. The summed E-state index contributed by atoms with van der Waals surface area (Å²) in [5.41, 5.74) is 1.26. The number of carbonyl (C=O) groups is 2. The number of carbonyl (C=O) groups excluding carboxylic acids is 2. The topological polar surface area (TPSA) is 197 Å². The summed E-state index contributed by atoms with van der Waals surface area (Å²) in [5.74, 6) is -4.42. The van der Waals surface area contributed by atoms with Crippen molar-refractivity contribution >= 4 is 12.2 Å². The van der Waals surface area contributed by atoms with Crippen molar-refractivity contribution in [3.63, 3.8) is 0 Å². The molecule has 0 radical (unpaired) electrons. The molecule has 0 unspecified atom stereocenters. The van der Waals surface area contributed by atoms with E-state index in [-0.39, 0.29) is 6.61 Å². The summed E-state index contributed by atoms with van der Waals surface area (Å²) in [6.07, 6.45) is -3.45. The second-order valence-corrected chi connectivity index (χ2v) is 3.24. The van der Waals surface area contributed by atoms with Crippen LogP contribution in [0.1, 0.15) is 13.8 Å². The first kappa shape index (κ1) is 18.7. The molecule has 22 heavy (non-hydrogen) atoms. The molecule has 0 aliphatic heterocycles. The van der Waals surface area contributed by atoms with Gasteiger partial charge in [0.25, 0.3) is 0 Å². The van der Waals surface area contributed by atoms with Crippen molar-refractivity contribution in [1.82, 2.24) is 10.4 Å². The van der Waals surface area contributed by atoms with Crippen LogP contribution in [0.5, 0.6) is 0 Å². The molecule has 0 aliphatic carbocycles. The van der Waals surface area contributed by atoms with Gasteiger partial charge >= 0.3 is 18.1 Å². The van der Waals surface area contributed by atoms with Gasteiger partial charge in [-0.1, -0.05) is 0 Å². The van der Waals surface area contributed by atoms with Gasteiger partial charge in [0.1, 0.15) is 0 Å². The molecule has 0 bridgehead atoms. The molecule has 2 amide bonds. The van der Waals surface area contributed by atoms with E-state index in [9.17, 15) is 39.9 Å². The Balaban J connectivity index is 6.00. The average Bonchev–Trinajstić information content (AvgIpc) is 2.37. The summed E-state index contributed by atoms with van der Waals surface area (Å²) in [4.78, 5) is 49.5. The van der Waals surface area contributed by atoms with Gasteiger partial charge in [-0.3, -0.25) is 30.3 Å². The molecular formula is C7H11N5O10. The van der Waals surface area contributed by atoms with E-state index in [0.717, 1.165) is 0 Å². The van der Waals surface area contributed by atoms with E-state index < -0.39 is 44.5 Å². The Morgan fingerprint density at radius 2 is 1.41 bits per heavy atom. The summed E-state index contributed by atoms with van der Waals surface area (Å²) in [6.45, 7) is 1.84. The molecule has 0 saturated carbocycles. The van der Waals surface area contributed by atoms with Crippen molar-refractivity contribution in [3.05, 3.63) is 30.3 Å². The van der Waals surface area contributed by atoms with Crippen LogP contribution >= 0.6 is 0 Å². The lowest BCUT2D eigenvalue weighted by Crippen LogP contribution is -2.71. The van der Waals surface area contributed by atoms with Crippen LogP contribution in [-0.4, -0.2) is 51.1 Å². The monoisotopic (exact) mass is 325 g/mol.